The standard InChI is InChI=1S/C19H23F2N3O3S2/c1-23-9-11-24(12-10-23)8-6-14-2-4-15(5-3-14)22-18(25)17-16(7-13-28-17)29(26,27)19(20)21/h2-5,7,13,19H,6,8-12H2,1H3,(H,22,25). The predicted octanol–water partition coefficient (Wildman–Crippen LogP) is 2.79. The second-order valence-electron chi connectivity index (χ2n) is 6.97. The van der Waals surface area contributed by atoms with Gasteiger partial charge < -0.3 is 15.1 Å². The molecule has 0 bridgehead atoms. The topological polar surface area (TPSA) is 69.7 Å². The minimum atomic E-state index is -4.82. The molecule has 2 heterocycles. The van der Waals surface area contributed by atoms with Crippen LogP contribution in [-0.2, 0) is 16.3 Å². The fraction of sp³-hybridized carbons (Fsp3) is 0.421. The Morgan fingerprint density at radius 1 is 1.14 bits per heavy atom. The molecule has 0 radical (unpaired) electrons. The van der Waals surface area contributed by atoms with Gasteiger partial charge in [0.15, 0.2) is 0 Å². The van der Waals surface area contributed by atoms with Crippen molar-refractivity contribution in [1.82, 2.24) is 9.80 Å². The lowest BCUT2D eigenvalue weighted by Crippen LogP contribution is -2.45. The fourth-order valence-electron chi connectivity index (χ4n) is 3.08. The highest BCUT2D eigenvalue weighted by molar-refractivity contribution is 7.92. The number of nitrogens with one attached hydrogen (secondary N) is 1. The van der Waals surface area contributed by atoms with Gasteiger partial charge in [0.2, 0.25) is 9.84 Å². The maximum atomic E-state index is 12.8. The van der Waals surface area contributed by atoms with Crippen molar-refractivity contribution < 1.29 is 22.0 Å². The summed E-state index contributed by atoms with van der Waals surface area (Å²) in [6, 6.07) is 8.29. The van der Waals surface area contributed by atoms with E-state index in [2.05, 4.69) is 22.2 Å². The second kappa shape index (κ2) is 9.29. The Hall–Kier alpha value is -1.88. The van der Waals surface area contributed by atoms with Crippen molar-refractivity contribution in [2.24, 2.45) is 0 Å². The molecule has 0 atom stereocenters. The normalized spacial score (nSPS) is 16.3. The van der Waals surface area contributed by atoms with Crippen LogP contribution in [0.5, 0.6) is 0 Å². The predicted molar refractivity (Wildman–Crippen MR) is 110 cm³/mol. The lowest BCUT2D eigenvalue weighted by Gasteiger charge is -2.32. The van der Waals surface area contributed by atoms with E-state index >= 15 is 0 Å². The van der Waals surface area contributed by atoms with Crippen LogP contribution in [0.3, 0.4) is 0 Å². The van der Waals surface area contributed by atoms with Crippen molar-refractivity contribution in [3.8, 4) is 0 Å². The van der Waals surface area contributed by atoms with Crippen molar-refractivity contribution in [2.75, 3.05) is 45.1 Å². The Morgan fingerprint density at radius 3 is 2.41 bits per heavy atom. The Morgan fingerprint density at radius 2 is 1.79 bits per heavy atom. The van der Waals surface area contributed by atoms with Crippen LogP contribution in [0.25, 0.3) is 0 Å². The molecule has 0 unspecified atom stereocenters. The van der Waals surface area contributed by atoms with E-state index in [1.54, 1.807) is 12.1 Å². The zero-order chi connectivity index (χ0) is 21.0. The molecule has 3 rings (SSSR count). The highest BCUT2D eigenvalue weighted by Gasteiger charge is 2.32. The number of amides is 1. The first-order valence-corrected chi connectivity index (χ1v) is 11.6. The molecule has 1 aromatic heterocycles. The number of sulfone groups is 1. The van der Waals surface area contributed by atoms with Gasteiger partial charge in [-0.25, -0.2) is 8.42 Å². The summed E-state index contributed by atoms with van der Waals surface area (Å²) in [5.74, 6) is -4.28. The SMILES string of the molecule is CN1CCN(CCc2ccc(NC(=O)c3sccc3S(=O)(=O)C(F)F)cc2)CC1. The molecule has 1 N–H and O–H groups in total. The van der Waals surface area contributed by atoms with Gasteiger partial charge in [0.1, 0.15) is 4.88 Å². The second-order valence-corrected chi connectivity index (χ2v) is 9.77. The van der Waals surface area contributed by atoms with Crippen molar-refractivity contribution in [1.29, 1.82) is 0 Å². The zero-order valence-corrected chi connectivity index (χ0v) is 17.6. The van der Waals surface area contributed by atoms with Gasteiger partial charge in [-0.1, -0.05) is 12.1 Å². The van der Waals surface area contributed by atoms with E-state index in [-0.39, 0.29) is 4.88 Å². The first-order chi connectivity index (χ1) is 13.8. The molecule has 29 heavy (non-hydrogen) atoms. The summed E-state index contributed by atoms with van der Waals surface area (Å²) in [7, 11) is -2.70. The van der Waals surface area contributed by atoms with Gasteiger partial charge in [0.25, 0.3) is 5.91 Å². The Balaban J connectivity index is 1.59. The monoisotopic (exact) mass is 443 g/mol. The molecule has 1 saturated heterocycles. The summed E-state index contributed by atoms with van der Waals surface area (Å²) in [5, 5.41) is 3.89. The molecule has 0 spiro atoms. The van der Waals surface area contributed by atoms with E-state index in [1.165, 1.54) is 5.38 Å². The smallest absolute Gasteiger partial charge is 0.321 e. The molecule has 158 valence electrons. The van der Waals surface area contributed by atoms with E-state index in [9.17, 15) is 22.0 Å². The van der Waals surface area contributed by atoms with Crippen LogP contribution in [0.4, 0.5) is 14.5 Å². The van der Waals surface area contributed by atoms with Crippen LogP contribution in [0.1, 0.15) is 15.2 Å². The number of carbonyl (C=O) groups is 1. The van der Waals surface area contributed by atoms with Crippen LogP contribution in [0, 0.1) is 0 Å². The number of thiophene rings is 1. The summed E-state index contributed by atoms with van der Waals surface area (Å²) < 4.78 is 49.0. The third kappa shape index (κ3) is 5.39. The summed E-state index contributed by atoms with van der Waals surface area (Å²) in [6.45, 7) is 5.20. The summed E-state index contributed by atoms with van der Waals surface area (Å²) in [6.07, 6.45) is 0.889. The van der Waals surface area contributed by atoms with Gasteiger partial charge >= 0.3 is 5.76 Å². The molecular weight excluding hydrogens is 420 g/mol. The number of alkyl halides is 2. The number of carbonyl (C=O) groups excluding carboxylic acids is 1. The minimum absolute atomic E-state index is 0.246. The number of piperazine rings is 1. The fourth-order valence-corrected chi connectivity index (χ4v) is 5.15. The van der Waals surface area contributed by atoms with Crippen LogP contribution in [0.2, 0.25) is 0 Å². The number of halogens is 2. The number of benzene rings is 1. The van der Waals surface area contributed by atoms with Crippen molar-refractivity contribution in [3.63, 3.8) is 0 Å². The number of hydrogen-bond donors (Lipinski definition) is 1. The minimum Gasteiger partial charge on any atom is -0.321 e. The lowest BCUT2D eigenvalue weighted by molar-refractivity contribution is 0.102. The molecule has 1 aromatic carbocycles. The van der Waals surface area contributed by atoms with Gasteiger partial charge in [-0.2, -0.15) is 8.78 Å². The average molecular weight is 444 g/mol. The number of nitrogens with zero attached hydrogens (tertiary/aromatic N) is 2. The summed E-state index contributed by atoms with van der Waals surface area (Å²) in [5.41, 5.74) is 1.60. The van der Waals surface area contributed by atoms with E-state index in [4.69, 9.17) is 0 Å². The largest absolute Gasteiger partial charge is 0.341 e. The molecule has 10 heteroatoms. The number of anilines is 1. The number of hydrogen-bond acceptors (Lipinski definition) is 6. The maximum Gasteiger partial charge on any atom is 0.341 e. The first kappa shape index (κ1) is 21.8. The molecule has 6 nitrogen and oxygen atoms in total. The highest BCUT2D eigenvalue weighted by Crippen LogP contribution is 2.27. The van der Waals surface area contributed by atoms with Crippen molar-refractivity contribution >= 4 is 32.8 Å². The molecule has 2 aromatic rings. The molecule has 1 fully saturated rings. The molecule has 1 aliphatic rings. The Labute approximate surface area is 173 Å². The molecule has 0 saturated carbocycles. The third-order valence-corrected chi connectivity index (χ3v) is 7.37. The van der Waals surface area contributed by atoms with Crippen molar-refractivity contribution in [3.05, 3.63) is 46.2 Å². The van der Waals surface area contributed by atoms with Gasteiger partial charge in [0.05, 0.1) is 4.90 Å². The molecule has 0 aliphatic carbocycles. The Kier molecular flexibility index (Phi) is 6.99. The van der Waals surface area contributed by atoms with Crippen LogP contribution >= 0.6 is 11.3 Å². The summed E-state index contributed by atoms with van der Waals surface area (Å²) >= 11 is 0.815. The zero-order valence-electron chi connectivity index (χ0n) is 16.0. The highest BCUT2D eigenvalue weighted by atomic mass is 32.2. The van der Waals surface area contributed by atoms with Crippen LogP contribution in [-0.4, -0.2) is 69.7 Å². The summed E-state index contributed by atoms with van der Waals surface area (Å²) in [4.78, 5) is 16.2. The van der Waals surface area contributed by atoms with Gasteiger partial charge in [-0.3, -0.25) is 4.79 Å². The van der Waals surface area contributed by atoms with E-state index in [0.717, 1.165) is 62.1 Å². The Bertz CT molecular complexity index is 938. The van der Waals surface area contributed by atoms with Crippen LogP contribution < -0.4 is 5.32 Å². The van der Waals surface area contributed by atoms with Gasteiger partial charge in [0, 0.05) is 38.4 Å². The number of rotatable bonds is 7. The van der Waals surface area contributed by atoms with E-state index < -0.39 is 26.4 Å². The van der Waals surface area contributed by atoms with Gasteiger partial charge in [-0.05, 0) is 42.6 Å². The molecular formula is C19H23F2N3O3S2. The lowest BCUT2D eigenvalue weighted by atomic mass is 10.1. The van der Waals surface area contributed by atoms with Crippen LogP contribution in [0.15, 0.2) is 40.6 Å². The molecule has 1 amide bonds. The van der Waals surface area contributed by atoms with Crippen molar-refractivity contribution in [2.45, 2.75) is 17.1 Å². The maximum absolute atomic E-state index is 12.8. The third-order valence-electron chi connectivity index (χ3n) is 4.90. The van der Waals surface area contributed by atoms with E-state index in [0.29, 0.717) is 5.69 Å². The molecule has 1 aliphatic heterocycles. The first-order valence-electron chi connectivity index (χ1n) is 9.18. The number of likely N-dealkylation sites (N-methyl/N-ethyl adjacent to an activating group) is 1. The average Bonchev–Trinajstić information content (AvgIpc) is 3.19. The van der Waals surface area contributed by atoms with E-state index in [1.807, 2.05) is 12.1 Å². The quantitative estimate of drug-likeness (QED) is 0.713. The van der Waals surface area contributed by atoms with Gasteiger partial charge in [-0.15, -0.1) is 11.3 Å².